The summed E-state index contributed by atoms with van der Waals surface area (Å²) in [6.45, 7) is 5.22. The molecule has 2 aromatic carbocycles. The second-order valence-electron chi connectivity index (χ2n) is 8.03. The van der Waals surface area contributed by atoms with Crippen molar-refractivity contribution in [2.45, 2.75) is 32.7 Å². The number of halogens is 1. The second-order valence-corrected chi connectivity index (χ2v) is 8.47. The highest BCUT2D eigenvalue weighted by atomic mass is 35.5. The van der Waals surface area contributed by atoms with Crippen molar-refractivity contribution in [3.63, 3.8) is 0 Å². The van der Waals surface area contributed by atoms with Gasteiger partial charge in [0.1, 0.15) is 0 Å². The zero-order chi connectivity index (χ0) is 21.0. The van der Waals surface area contributed by atoms with E-state index in [1.165, 1.54) is 0 Å². The Morgan fingerprint density at radius 1 is 1.20 bits per heavy atom. The minimum Gasteiger partial charge on any atom is -0.408 e. The van der Waals surface area contributed by atoms with E-state index in [1.54, 1.807) is 22.8 Å². The number of carbonyl (C=O) groups is 1. The van der Waals surface area contributed by atoms with Crippen molar-refractivity contribution in [3.05, 3.63) is 68.8 Å². The van der Waals surface area contributed by atoms with Crippen LogP contribution in [-0.2, 0) is 0 Å². The van der Waals surface area contributed by atoms with E-state index in [1.807, 2.05) is 30.0 Å². The van der Waals surface area contributed by atoms with E-state index in [9.17, 15) is 9.59 Å². The van der Waals surface area contributed by atoms with Crippen LogP contribution in [0, 0.1) is 13.8 Å². The van der Waals surface area contributed by atoms with Gasteiger partial charge in [-0.2, -0.15) is 0 Å². The van der Waals surface area contributed by atoms with Crippen molar-refractivity contribution in [2.75, 3.05) is 13.1 Å². The predicted molar refractivity (Wildman–Crippen MR) is 117 cm³/mol. The molecule has 0 aliphatic carbocycles. The number of aromatic nitrogens is 2. The number of fused-ring (bicyclic) bond motifs is 2. The third-order valence-corrected chi connectivity index (χ3v) is 6.41. The highest BCUT2D eigenvalue weighted by Gasteiger charge is 2.28. The zero-order valence-corrected chi connectivity index (χ0v) is 17.6. The predicted octanol–water partition coefficient (Wildman–Crippen LogP) is 4.82. The number of hydrogen-bond donors (Lipinski definition) is 1. The van der Waals surface area contributed by atoms with E-state index in [2.05, 4.69) is 11.9 Å². The highest BCUT2D eigenvalue weighted by molar-refractivity contribution is 6.31. The van der Waals surface area contributed by atoms with E-state index in [-0.39, 0.29) is 11.9 Å². The van der Waals surface area contributed by atoms with Gasteiger partial charge in [-0.1, -0.05) is 11.6 Å². The number of nitrogens with zero attached hydrogens (tertiary/aromatic N) is 2. The molecule has 1 atom stereocenters. The van der Waals surface area contributed by atoms with Crippen LogP contribution in [0.5, 0.6) is 0 Å². The van der Waals surface area contributed by atoms with Crippen LogP contribution in [0.15, 0.2) is 45.6 Å². The van der Waals surface area contributed by atoms with Gasteiger partial charge in [0.25, 0.3) is 5.91 Å². The van der Waals surface area contributed by atoms with Gasteiger partial charge in [-0.3, -0.25) is 9.36 Å². The van der Waals surface area contributed by atoms with E-state index < -0.39 is 5.76 Å². The number of H-pyrrole nitrogens is 1. The fraction of sp³-hybridized carbons (Fsp3) is 0.304. The number of likely N-dealkylation sites (tertiary alicyclic amines) is 1. The number of rotatable bonds is 2. The number of amides is 1. The van der Waals surface area contributed by atoms with Gasteiger partial charge in [0.15, 0.2) is 5.58 Å². The van der Waals surface area contributed by atoms with Crippen molar-refractivity contribution < 1.29 is 9.21 Å². The summed E-state index contributed by atoms with van der Waals surface area (Å²) in [5.41, 5.74) is 5.15. The number of benzene rings is 2. The number of aromatic amines is 1. The first-order valence-electron chi connectivity index (χ1n) is 10.1. The fourth-order valence-electron chi connectivity index (χ4n) is 4.48. The quantitative estimate of drug-likeness (QED) is 0.502. The number of oxazole rings is 1. The summed E-state index contributed by atoms with van der Waals surface area (Å²) in [6, 6.07) is 10.8. The fourth-order valence-corrected chi connectivity index (χ4v) is 4.65. The Kier molecular flexibility index (Phi) is 4.47. The minimum absolute atomic E-state index is 0.0151. The average molecular weight is 424 g/mol. The lowest BCUT2D eigenvalue weighted by Crippen LogP contribution is -2.42. The summed E-state index contributed by atoms with van der Waals surface area (Å²) in [4.78, 5) is 31.0. The summed E-state index contributed by atoms with van der Waals surface area (Å²) in [7, 11) is 0. The molecule has 3 heterocycles. The van der Waals surface area contributed by atoms with Crippen LogP contribution in [0.25, 0.3) is 22.0 Å². The van der Waals surface area contributed by atoms with Crippen molar-refractivity contribution in [2.24, 2.45) is 0 Å². The molecule has 7 heteroatoms. The molecule has 0 saturated carbocycles. The first-order valence-corrected chi connectivity index (χ1v) is 10.5. The zero-order valence-electron chi connectivity index (χ0n) is 16.9. The Labute approximate surface area is 178 Å². The normalized spacial score (nSPS) is 17.2. The molecule has 30 heavy (non-hydrogen) atoms. The maximum Gasteiger partial charge on any atom is 0.420 e. The molecule has 1 N–H and O–H groups in total. The maximum absolute atomic E-state index is 13.3. The van der Waals surface area contributed by atoms with Crippen molar-refractivity contribution in [1.29, 1.82) is 0 Å². The SMILES string of the molecule is Cc1[nH]c2ccc(C(=O)N3CCC[C@@H](n4c(=O)oc5ccc(Cl)cc54)C3)cc2c1C. The van der Waals surface area contributed by atoms with Gasteiger partial charge in [-0.15, -0.1) is 0 Å². The lowest BCUT2D eigenvalue weighted by Gasteiger charge is -2.33. The van der Waals surface area contributed by atoms with E-state index in [0.717, 1.165) is 35.0 Å². The number of nitrogens with one attached hydrogen (secondary N) is 1. The van der Waals surface area contributed by atoms with Crippen LogP contribution in [0.3, 0.4) is 0 Å². The second kappa shape index (κ2) is 7.06. The monoisotopic (exact) mass is 423 g/mol. The van der Waals surface area contributed by atoms with Gasteiger partial charge in [-0.05, 0) is 68.7 Å². The summed E-state index contributed by atoms with van der Waals surface area (Å²) >= 11 is 6.14. The molecular weight excluding hydrogens is 402 g/mol. The topological polar surface area (TPSA) is 71.2 Å². The molecule has 1 aliphatic rings. The molecular formula is C23H22ClN3O3. The van der Waals surface area contributed by atoms with Crippen LogP contribution in [-0.4, -0.2) is 33.4 Å². The molecule has 0 bridgehead atoms. The molecule has 1 amide bonds. The highest BCUT2D eigenvalue weighted by Crippen LogP contribution is 2.28. The van der Waals surface area contributed by atoms with E-state index in [0.29, 0.717) is 34.8 Å². The van der Waals surface area contributed by atoms with Crippen molar-refractivity contribution in [1.82, 2.24) is 14.5 Å². The molecule has 1 aliphatic heterocycles. The lowest BCUT2D eigenvalue weighted by molar-refractivity contribution is 0.0678. The third-order valence-electron chi connectivity index (χ3n) is 6.18. The van der Waals surface area contributed by atoms with Crippen LogP contribution in [0.1, 0.15) is 40.5 Å². The first-order chi connectivity index (χ1) is 14.4. The van der Waals surface area contributed by atoms with Gasteiger partial charge in [0.2, 0.25) is 0 Å². The van der Waals surface area contributed by atoms with E-state index in [4.69, 9.17) is 16.0 Å². The standard InChI is InChI=1S/C23H22ClN3O3/c1-13-14(2)25-19-7-5-15(10-18(13)19)22(28)26-9-3-4-17(12-26)27-20-11-16(24)6-8-21(20)30-23(27)29/h5-8,10-11,17,25H,3-4,9,12H2,1-2H3/t17-/m1/s1. The van der Waals surface area contributed by atoms with Gasteiger partial charge >= 0.3 is 5.76 Å². The first kappa shape index (κ1) is 19.0. The molecule has 0 unspecified atom stereocenters. The smallest absolute Gasteiger partial charge is 0.408 e. The van der Waals surface area contributed by atoms with Crippen LogP contribution in [0.4, 0.5) is 0 Å². The largest absolute Gasteiger partial charge is 0.420 e. The average Bonchev–Trinajstić information content (AvgIpc) is 3.22. The van der Waals surface area contributed by atoms with E-state index >= 15 is 0 Å². The van der Waals surface area contributed by atoms with Crippen LogP contribution in [0.2, 0.25) is 5.02 Å². The van der Waals surface area contributed by atoms with Gasteiger partial charge in [0.05, 0.1) is 11.6 Å². The number of hydrogen-bond acceptors (Lipinski definition) is 3. The molecule has 1 saturated heterocycles. The van der Waals surface area contributed by atoms with Crippen molar-refractivity contribution in [3.8, 4) is 0 Å². The molecule has 2 aromatic heterocycles. The molecule has 5 rings (SSSR count). The summed E-state index contributed by atoms with van der Waals surface area (Å²) < 4.78 is 7.04. The van der Waals surface area contributed by atoms with Crippen molar-refractivity contribution >= 4 is 39.5 Å². The molecule has 0 spiro atoms. The Hall–Kier alpha value is -2.99. The summed E-state index contributed by atoms with van der Waals surface area (Å²) in [6.07, 6.45) is 1.63. The molecule has 4 aromatic rings. The van der Waals surface area contributed by atoms with Crippen LogP contribution < -0.4 is 5.76 Å². The van der Waals surface area contributed by atoms with Gasteiger partial charge in [0, 0.05) is 40.3 Å². The Morgan fingerprint density at radius 2 is 2.03 bits per heavy atom. The molecule has 6 nitrogen and oxygen atoms in total. The Balaban J connectivity index is 1.47. The van der Waals surface area contributed by atoms with Gasteiger partial charge < -0.3 is 14.3 Å². The third kappa shape index (κ3) is 3.03. The van der Waals surface area contributed by atoms with Crippen LogP contribution >= 0.6 is 11.6 Å². The molecule has 0 radical (unpaired) electrons. The minimum atomic E-state index is -0.411. The molecule has 154 valence electrons. The Bertz CT molecular complexity index is 1350. The number of aryl methyl sites for hydroxylation is 2. The summed E-state index contributed by atoms with van der Waals surface area (Å²) in [5.74, 6) is -0.426. The molecule has 1 fully saturated rings. The number of piperidine rings is 1. The number of carbonyl (C=O) groups excluding carboxylic acids is 1. The van der Waals surface area contributed by atoms with Gasteiger partial charge in [-0.25, -0.2) is 4.79 Å². The maximum atomic E-state index is 13.3. The summed E-state index contributed by atoms with van der Waals surface area (Å²) in [5, 5.41) is 1.62. The Morgan fingerprint density at radius 3 is 2.87 bits per heavy atom. The lowest BCUT2D eigenvalue weighted by atomic mass is 10.0.